The fourth-order valence-electron chi connectivity index (χ4n) is 1.36. The maximum atomic E-state index is 10.7. The number of anilines is 1. The SMILES string of the molecule is Cc1cc(CNc2ncc(C(=O)O)cc2Cl)no1. The highest BCUT2D eigenvalue weighted by Gasteiger charge is 2.09. The summed E-state index contributed by atoms with van der Waals surface area (Å²) in [5, 5.41) is 15.8. The first-order valence-corrected chi connectivity index (χ1v) is 5.49. The number of nitrogens with zero attached hydrogens (tertiary/aromatic N) is 2. The van der Waals surface area contributed by atoms with Gasteiger partial charge in [-0.05, 0) is 13.0 Å². The molecule has 0 aliphatic rings. The molecule has 0 unspecified atom stereocenters. The Bertz CT molecular complexity index is 583. The van der Waals surface area contributed by atoms with Crippen LogP contribution in [0.3, 0.4) is 0 Å². The van der Waals surface area contributed by atoms with Crippen molar-refractivity contribution < 1.29 is 14.4 Å². The van der Waals surface area contributed by atoms with Gasteiger partial charge in [-0.15, -0.1) is 0 Å². The molecule has 0 aliphatic heterocycles. The summed E-state index contributed by atoms with van der Waals surface area (Å²) in [5.41, 5.74) is 0.760. The highest BCUT2D eigenvalue weighted by atomic mass is 35.5. The minimum atomic E-state index is -1.07. The Balaban J connectivity index is 2.08. The van der Waals surface area contributed by atoms with Crippen LogP contribution in [0.1, 0.15) is 21.8 Å². The molecule has 0 spiro atoms. The number of rotatable bonds is 4. The summed E-state index contributed by atoms with van der Waals surface area (Å²) in [6.45, 7) is 2.19. The lowest BCUT2D eigenvalue weighted by Gasteiger charge is -2.05. The van der Waals surface area contributed by atoms with E-state index in [2.05, 4.69) is 15.5 Å². The van der Waals surface area contributed by atoms with Gasteiger partial charge in [0.2, 0.25) is 0 Å². The summed E-state index contributed by atoms with van der Waals surface area (Å²) in [6, 6.07) is 3.12. The van der Waals surface area contributed by atoms with Crippen molar-refractivity contribution in [3.05, 3.63) is 40.4 Å². The number of halogens is 1. The fourth-order valence-corrected chi connectivity index (χ4v) is 1.59. The van der Waals surface area contributed by atoms with Crippen LogP contribution in [-0.2, 0) is 6.54 Å². The summed E-state index contributed by atoms with van der Waals surface area (Å²) in [6.07, 6.45) is 1.24. The van der Waals surface area contributed by atoms with E-state index in [9.17, 15) is 4.79 Å². The molecule has 2 heterocycles. The molecule has 0 saturated carbocycles. The van der Waals surface area contributed by atoms with Crippen molar-refractivity contribution >= 4 is 23.4 Å². The van der Waals surface area contributed by atoms with Gasteiger partial charge in [0.1, 0.15) is 17.3 Å². The van der Waals surface area contributed by atoms with Crippen LogP contribution in [-0.4, -0.2) is 21.2 Å². The van der Waals surface area contributed by atoms with Crippen LogP contribution in [0, 0.1) is 6.92 Å². The van der Waals surface area contributed by atoms with Crippen LogP contribution in [0.5, 0.6) is 0 Å². The lowest BCUT2D eigenvalue weighted by molar-refractivity contribution is 0.0696. The van der Waals surface area contributed by atoms with Crippen LogP contribution in [0.4, 0.5) is 5.82 Å². The molecule has 18 heavy (non-hydrogen) atoms. The molecule has 0 radical (unpaired) electrons. The van der Waals surface area contributed by atoms with Gasteiger partial charge in [-0.25, -0.2) is 9.78 Å². The van der Waals surface area contributed by atoms with E-state index in [1.807, 2.05) is 0 Å². The van der Waals surface area contributed by atoms with Gasteiger partial charge in [-0.2, -0.15) is 0 Å². The highest BCUT2D eigenvalue weighted by molar-refractivity contribution is 6.33. The molecule has 6 nitrogen and oxygen atoms in total. The number of aromatic carboxylic acids is 1. The first kappa shape index (κ1) is 12.4. The second-order valence-corrected chi connectivity index (χ2v) is 4.05. The van der Waals surface area contributed by atoms with Gasteiger partial charge in [-0.3, -0.25) is 0 Å². The molecule has 2 rings (SSSR count). The van der Waals surface area contributed by atoms with E-state index in [0.29, 0.717) is 23.8 Å². The third-order valence-electron chi connectivity index (χ3n) is 2.20. The lowest BCUT2D eigenvalue weighted by atomic mass is 10.3. The number of carboxylic acids is 1. The molecule has 0 atom stereocenters. The zero-order chi connectivity index (χ0) is 13.1. The van der Waals surface area contributed by atoms with Crippen LogP contribution >= 0.6 is 11.6 Å². The smallest absolute Gasteiger partial charge is 0.337 e. The summed E-state index contributed by atoms with van der Waals surface area (Å²) in [5.74, 6) is 0.0532. The maximum absolute atomic E-state index is 10.7. The Kier molecular flexibility index (Phi) is 3.47. The molecule has 2 N–H and O–H groups in total. The highest BCUT2D eigenvalue weighted by Crippen LogP contribution is 2.20. The zero-order valence-corrected chi connectivity index (χ0v) is 10.2. The number of carbonyl (C=O) groups is 1. The number of pyridine rings is 1. The van der Waals surface area contributed by atoms with Crippen molar-refractivity contribution in [2.24, 2.45) is 0 Å². The van der Waals surface area contributed by atoms with Crippen molar-refractivity contribution in [3.8, 4) is 0 Å². The minimum absolute atomic E-state index is 0.0443. The summed E-state index contributed by atoms with van der Waals surface area (Å²) in [7, 11) is 0. The van der Waals surface area contributed by atoms with Gasteiger partial charge in [0.15, 0.2) is 0 Å². The number of aryl methyl sites for hydroxylation is 1. The molecular weight excluding hydrogens is 258 g/mol. The van der Waals surface area contributed by atoms with E-state index in [0.717, 1.165) is 0 Å². The molecule has 0 saturated heterocycles. The number of nitrogens with one attached hydrogen (secondary N) is 1. The molecule has 2 aromatic rings. The van der Waals surface area contributed by atoms with E-state index in [-0.39, 0.29) is 10.6 Å². The average Bonchev–Trinajstić information content (AvgIpc) is 2.73. The third kappa shape index (κ3) is 2.78. The quantitative estimate of drug-likeness (QED) is 0.884. The van der Waals surface area contributed by atoms with Gasteiger partial charge < -0.3 is 14.9 Å². The Morgan fingerprint density at radius 1 is 1.56 bits per heavy atom. The molecule has 2 aromatic heterocycles. The molecule has 7 heteroatoms. The van der Waals surface area contributed by atoms with Gasteiger partial charge in [0.05, 0.1) is 17.1 Å². The van der Waals surface area contributed by atoms with E-state index >= 15 is 0 Å². The number of hydrogen-bond acceptors (Lipinski definition) is 5. The Hall–Kier alpha value is -2.08. The molecule has 94 valence electrons. The predicted molar refractivity (Wildman–Crippen MR) is 64.8 cm³/mol. The molecule has 0 aromatic carbocycles. The maximum Gasteiger partial charge on any atom is 0.337 e. The van der Waals surface area contributed by atoms with E-state index in [4.69, 9.17) is 21.2 Å². The van der Waals surface area contributed by atoms with Gasteiger partial charge in [0.25, 0.3) is 0 Å². The van der Waals surface area contributed by atoms with Crippen molar-refractivity contribution in [2.75, 3.05) is 5.32 Å². The minimum Gasteiger partial charge on any atom is -0.478 e. The monoisotopic (exact) mass is 267 g/mol. The Labute approximate surface area is 108 Å². The predicted octanol–water partition coefficient (Wildman–Crippen LogP) is 2.34. The number of carboxylic acid groups (broad SMARTS) is 1. The molecule has 0 bridgehead atoms. The molecule has 0 fully saturated rings. The summed E-state index contributed by atoms with van der Waals surface area (Å²) < 4.78 is 4.91. The largest absolute Gasteiger partial charge is 0.478 e. The van der Waals surface area contributed by atoms with Gasteiger partial charge in [0, 0.05) is 12.3 Å². The molecular formula is C11H10ClN3O3. The fraction of sp³-hybridized carbons (Fsp3) is 0.182. The van der Waals surface area contributed by atoms with Crippen molar-refractivity contribution in [2.45, 2.75) is 13.5 Å². The second kappa shape index (κ2) is 5.05. The Morgan fingerprint density at radius 2 is 2.33 bits per heavy atom. The first-order chi connectivity index (χ1) is 8.56. The third-order valence-corrected chi connectivity index (χ3v) is 2.49. The Morgan fingerprint density at radius 3 is 2.89 bits per heavy atom. The summed E-state index contributed by atoms with van der Waals surface area (Å²) in [4.78, 5) is 14.6. The number of hydrogen-bond donors (Lipinski definition) is 2. The van der Waals surface area contributed by atoms with Crippen LogP contribution in [0.15, 0.2) is 22.9 Å². The van der Waals surface area contributed by atoms with Gasteiger partial charge in [-0.1, -0.05) is 16.8 Å². The molecule has 0 amide bonds. The van der Waals surface area contributed by atoms with Crippen LogP contribution in [0.2, 0.25) is 5.02 Å². The molecule has 0 aliphatic carbocycles. The van der Waals surface area contributed by atoms with Crippen molar-refractivity contribution in [1.29, 1.82) is 0 Å². The van der Waals surface area contributed by atoms with Crippen LogP contribution in [0.25, 0.3) is 0 Å². The van der Waals surface area contributed by atoms with Crippen molar-refractivity contribution in [3.63, 3.8) is 0 Å². The lowest BCUT2D eigenvalue weighted by Crippen LogP contribution is -2.04. The van der Waals surface area contributed by atoms with E-state index in [1.165, 1.54) is 12.3 Å². The number of aromatic nitrogens is 2. The second-order valence-electron chi connectivity index (χ2n) is 3.64. The normalized spacial score (nSPS) is 10.3. The van der Waals surface area contributed by atoms with E-state index in [1.54, 1.807) is 13.0 Å². The van der Waals surface area contributed by atoms with Crippen LogP contribution < -0.4 is 5.32 Å². The average molecular weight is 268 g/mol. The van der Waals surface area contributed by atoms with E-state index < -0.39 is 5.97 Å². The standard InChI is InChI=1S/C11H10ClN3O3/c1-6-2-8(15-18-6)5-14-10-9(12)3-7(4-13-10)11(16)17/h2-4H,5H2,1H3,(H,13,14)(H,16,17). The first-order valence-electron chi connectivity index (χ1n) is 5.11. The van der Waals surface area contributed by atoms with Crippen molar-refractivity contribution in [1.82, 2.24) is 10.1 Å². The van der Waals surface area contributed by atoms with Gasteiger partial charge >= 0.3 is 5.97 Å². The topological polar surface area (TPSA) is 88.2 Å². The zero-order valence-electron chi connectivity index (χ0n) is 9.48. The summed E-state index contributed by atoms with van der Waals surface area (Å²) >= 11 is 5.91.